The minimum absolute atomic E-state index is 0.161. The van der Waals surface area contributed by atoms with Gasteiger partial charge < -0.3 is 4.98 Å². The largest absolute Gasteiger partial charge is 0.326 e. The van der Waals surface area contributed by atoms with Crippen molar-refractivity contribution in [3.63, 3.8) is 0 Å². The Morgan fingerprint density at radius 3 is 2.65 bits per heavy atom. The van der Waals surface area contributed by atoms with Crippen LogP contribution in [0.3, 0.4) is 0 Å². The monoisotopic (exact) mass is 228 g/mol. The number of benzene rings is 1. The number of nitrogens with one attached hydrogen (secondary N) is 2. The first-order chi connectivity index (χ1) is 7.99. The van der Waals surface area contributed by atoms with Crippen molar-refractivity contribution in [1.82, 2.24) is 9.97 Å². The van der Waals surface area contributed by atoms with Gasteiger partial charge in [0.05, 0.1) is 10.9 Å². The maximum absolute atomic E-state index is 11.7. The molecule has 1 heterocycles. The lowest BCUT2D eigenvalue weighted by atomic mass is 9.85. The average Bonchev–Trinajstić information content (AvgIpc) is 2.54. The van der Waals surface area contributed by atoms with Crippen LogP contribution in [-0.2, 0) is 5.41 Å². The van der Waals surface area contributed by atoms with Gasteiger partial charge in [-0.1, -0.05) is 32.1 Å². The van der Waals surface area contributed by atoms with E-state index < -0.39 is 5.69 Å². The summed E-state index contributed by atoms with van der Waals surface area (Å²) < 4.78 is 0. The Bertz CT molecular complexity index is 763. The second-order valence-electron chi connectivity index (χ2n) is 4.92. The number of rotatable bonds is 0. The standard InChI is InChI=1S/C13H12N2O2/c1-13(2)6-5-7-3-4-8-10(9(7)13)14-12(17)15-11(8)16/h3-6H,1-2H3,(H2,14,15,16,17). The smallest absolute Gasteiger partial charge is 0.307 e. The normalized spacial score (nSPS) is 16.4. The second-order valence-corrected chi connectivity index (χ2v) is 4.92. The molecule has 0 aliphatic heterocycles. The lowest BCUT2D eigenvalue weighted by molar-refractivity contribution is 0.687. The molecule has 2 N–H and O–H groups in total. The summed E-state index contributed by atoms with van der Waals surface area (Å²) in [5.41, 5.74) is 1.76. The Hall–Kier alpha value is -2.10. The first-order valence-electron chi connectivity index (χ1n) is 5.48. The van der Waals surface area contributed by atoms with Crippen LogP contribution in [0.1, 0.15) is 25.0 Å². The predicted octanol–water partition coefficient (Wildman–Crippen LogP) is 1.52. The molecule has 0 amide bonds. The molecule has 0 saturated carbocycles. The SMILES string of the molecule is CC1(C)C=Cc2ccc3c(=O)[nH]c(=O)[nH]c3c21. The Balaban J connectivity index is 2.57. The van der Waals surface area contributed by atoms with Gasteiger partial charge in [-0.2, -0.15) is 0 Å². The molecule has 1 aromatic carbocycles. The Labute approximate surface area is 97.0 Å². The average molecular weight is 228 g/mol. The Kier molecular flexibility index (Phi) is 1.76. The summed E-state index contributed by atoms with van der Waals surface area (Å²) in [6.07, 6.45) is 4.10. The number of H-pyrrole nitrogens is 2. The van der Waals surface area contributed by atoms with Gasteiger partial charge in [-0.15, -0.1) is 0 Å². The van der Waals surface area contributed by atoms with Crippen molar-refractivity contribution in [2.24, 2.45) is 0 Å². The van der Waals surface area contributed by atoms with Crippen LogP contribution in [0, 0.1) is 0 Å². The van der Waals surface area contributed by atoms with E-state index >= 15 is 0 Å². The zero-order valence-corrected chi connectivity index (χ0v) is 9.63. The molecule has 4 nitrogen and oxygen atoms in total. The van der Waals surface area contributed by atoms with Gasteiger partial charge in [0.15, 0.2) is 0 Å². The maximum atomic E-state index is 11.7. The van der Waals surface area contributed by atoms with E-state index in [1.807, 2.05) is 12.1 Å². The third-order valence-corrected chi connectivity index (χ3v) is 3.27. The lowest BCUT2D eigenvalue weighted by Crippen LogP contribution is -2.24. The van der Waals surface area contributed by atoms with E-state index in [2.05, 4.69) is 29.9 Å². The topological polar surface area (TPSA) is 65.7 Å². The third kappa shape index (κ3) is 1.30. The fourth-order valence-electron chi connectivity index (χ4n) is 2.47. The fraction of sp³-hybridized carbons (Fsp3) is 0.231. The zero-order chi connectivity index (χ0) is 12.2. The van der Waals surface area contributed by atoms with Crippen LogP contribution in [0.2, 0.25) is 0 Å². The van der Waals surface area contributed by atoms with Gasteiger partial charge in [0.1, 0.15) is 0 Å². The van der Waals surface area contributed by atoms with Gasteiger partial charge in [0.25, 0.3) is 5.56 Å². The van der Waals surface area contributed by atoms with E-state index in [1.54, 1.807) is 6.07 Å². The van der Waals surface area contributed by atoms with Crippen LogP contribution in [0.5, 0.6) is 0 Å². The summed E-state index contributed by atoms with van der Waals surface area (Å²) in [4.78, 5) is 28.1. The Morgan fingerprint density at radius 2 is 1.88 bits per heavy atom. The van der Waals surface area contributed by atoms with Crippen molar-refractivity contribution in [3.8, 4) is 0 Å². The molecule has 17 heavy (non-hydrogen) atoms. The highest BCUT2D eigenvalue weighted by atomic mass is 16.2. The highest BCUT2D eigenvalue weighted by Gasteiger charge is 2.27. The van der Waals surface area contributed by atoms with Crippen LogP contribution in [0.4, 0.5) is 0 Å². The molecular weight excluding hydrogens is 216 g/mol. The molecule has 4 heteroatoms. The second kappa shape index (κ2) is 2.97. The van der Waals surface area contributed by atoms with Crippen molar-refractivity contribution in [2.75, 3.05) is 0 Å². The number of fused-ring (bicyclic) bond motifs is 3. The number of aromatic amines is 2. The minimum Gasteiger partial charge on any atom is -0.307 e. The molecule has 3 rings (SSSR count). The summed E-state index contributed by atoms with van der Waals surface area (Å²) in [5, 5.41) is 0.528. The van der Waals surface area contributed by atoms with Crippen LogP contribution in [-0.4, -0.2) is 9.97 Å². The summed E-state index contributed by atoms with van der Waals surface area (Å²) in [6.45, 7) is 4.13. The molecule has 86 valence electrons. The van der Waals surface area contributed by atoms with E-state index in [-0.39, 0.29) is 11.0 Å². The molecule has 0 bridgehead atoms. The van der Waals surface area contributed by atoms with Gasteiger partial charge in [0, 0.05) is 5.41 Å². The molecular formula is C13H12N2O2. The van der Waals surface area contributed by atoms with Gasteiger partial charge in [0.2, 0.25) is 0 Å². The van der Waals surface area contributed by atoms with Gasteiger partial charge in [-0.3, -0.25) is 9.78 Å². The lowest BCUT2D eigenvalue weighted by Gasteiger charge is -2.19. The van der Waals surface area contributed by atoms with Crippen LogP contribution < -0.4 is 11.2 Å². The van der Waals surface area contributed by atoms with Gasteiger partial charge in [-0.25, -0.2) is 4.79 Å². The summed E-state index contributed by atoms with van der Waals surface area (Å²) in [7, 11) is 0. The van der Waals surface area contributed by atoms with E-state index in [0.717, 1.165) is 11.1 Å². The Morgan fingerprint density at radius 1 is 1.12 bits per heavy atom. The summed E-state index contributed by atoms with van der Waals surface area (Å²) in [5.74, 6) is 0. The summed E-state index contributed by atoms with van der Waals surface area (Å²) in [6, 6.07) is 3.66. The molecule has 0 unspecified atom stereocenters. The highest BCUT2D eigenvalue weighted by Crippen LogP contribution is 2.38. The molecule has 0 saturated heterocycles. The van der Waals surface area contributed by atoms with E-state index in [1.165, 1.54) is 0 Å². The quantitative estimate of drug-likeness (QED) is 0.718. The molecule has 0 radical (unpaired) electrons. The third-order valence-electron chi connectivity index (χ3n) is 3.27. The molecule has 0 fully saturated rings. The van der Waals surface area contributed by atoms with E-state index in [0.29, 0.717) is 10.9 Å². The van der Waals surface area contributed by atoms with Crippen LogP contribution in [0.25, 0.3) is 17.0 Å². The number of hydrogen-bond acceptors (Lipinski definition) is 2. The molecule has 1 aliphatic carbocycles. The molecule has 0 spiro atoms. The molecule has 2 aromatic rings. The van der Waals surface area contributed by atoms with Crippen molar-refractivity contribution < 1.29 is 0 Å². The van der Waals surface area contributed by atoms with Crippen molar-refractivity contribution >= 4 is 17.0 Å². The minimum atomic E-state index is -0.460. The van der Waals surface area contributed by atoms with Crippen molar-refractivity contribution in [2.45, 2.75) is 19.3 Å². The maximum Gasteiger partial charge on any atom is 0.326 e. The van der Waals surface area contributed by atoms with E-state index in [4.69, 9.17) is 0 Å². The van der Waals surface area contributed by atoms with Gasteiger partial charge >= 0.3 is 5.69 Å². The number of allylic oxidation sites excluding steroid dienone is 1. The zero-order valence-electron chi connectivity index (χ0n) is 9.63. The highest BCUT2D eigenvalue weighted by molar-refractivity contribution is 5.88. The van der Waals surface area contributed by atoms with Crippen LogP contribution in [0.15, 0.2) is 27.8 Å². The number of hydrogen-bond donors (Lipinski definition) is 2. The van der Waals surface area contributed by atoms with E-state index in [9.17, 15) is 9.59 Å². The molecule has 1 aliphatic rings. The van der Waals surface area contributed by atoms with Crippen molar-refractivity contribution in [1.29, 1.82) is 0 Å². The molecule has 0 atom stereocenters. The van der Waals surface area contributed by atoms with Crippen molar-refractivity contribution in [3.05, 3.63) is 50.2 Å². The van der Waals surface area contributed by atoms with Crippen LogP contribution >= 0.6 is 0 Å². The predicted molar refractivity (Wildman–Crippen MR) is 67.2 cm³/mol. The first-order valence-corrected chi connectivity index (χ1v) is 5.48. The first kappa shape index (κ1) is 10.1. The number of aromatic nitrogens is 2. The fourth-order valence-corrected chi connectivity index (χ4v) is 2.47. The summed E-state index contributed by atoms with van der Waals surface area (Å²) >= 11 is 0. The molecule has 1 aromatic heterocycles. The van der Waals surface area contributed by atoms with Gasteiger partial charge in [-0.05, 0) is 17.2 Å².